The summed E-state index contributed by atoms with van der Waals surface area (Å²) < 4.78 is 7.40. The number of morpholine rings is 1. The number of nitrogens with one attached hydrogen (secondary N) is 1. The summed E-state index contributed by atoms with van der Waals surface area (Å²) in [5.74, 6) is -0.225. The average molecular weight is 420 g/mol. The van der Waals surface area contributed by atoms with Gasteiger partial charge in [0, 0.05) is 19.6 Å². The van der Waals surface area contributed by atoms with Crippen molar-refractivity contribution >= 4 is 43.9 Å². The van der Waals surface area contributed by atoms with Gasteiger partial charge < -0.3 is 15.0 Å². The summed E-state index contributed by atoms with van der Waals surface area (Å²) in [5, 5.41) is 10.1. The maximum Gasteiger partial charge on any atom is 0.294 e. The molecule has 148 valence electrons. The summed E-state index contributed by atoms with van der Waals surface area (Å²) in [6.45, 7) is 5.23. The van der Waals surface area contributed by atoms with Gasteiger partial charge in [-0.2, -0.15) is 5.10 Å². The van der Waals surface area contributed by atoms with Crippen molar-refractivity contribution in [2.24, 2.45) is 0 Å². The van der Waals surface area contributed by atoms with E-state index in [9.17, 15) is 9.59 Å². The fourth-order valence-corrected chi connectivity index (χ4v) is 4.86. The molecule has 1 aliphatic heterocycles. The third-order valence-corrected chi connectivity index (χ3v) is 6.39. The third kappa shape index (κ3) is 3.80. The number of amides is 1. The van der Waals surface area contributed by atoms with Gasteiger partial charge in [0.2, 0.25) is 5.91 Å². The van der Waals surface area contributed by atoms with Crippen LogP contribution in [0, 0.1) is 0 Å². The van der Waals surface area contributed by atoms with Crippen LogP contribution in [0.4, 0.5) is 5.13 Å². The summed E-state index contributed by atoms with van der Waals surface area (Å²) in [5.41, 5.74) is 0.732. The molecule has 4 rings (SSSR count). The zero-order chi connectivity index (χ0) is 19.5. The van der Waals surface area contributed by atoms with Gasteiger partial charge in [0.25, 0.3) is 5.56 Å². The Morgan fingerprint density at radius 1 is 1.36 bits per heavy atom. The van der Waals surface area contributed by atoms with E-state index in [1.54, 1.807) is 11.3 Å². The number of hydrogen-bond acceptors (Lipinski definition) is 8. The monoisotopic (exact) mass is 419 g/mol. The van der Waals surface area contributed by atoms with Crippen molar-refractivity contribution in [2.45, 2.75) is 19.9 Å². The van der Waals surface area contributed by atoms with Crippen molar-refractivity contribution in [3.63, 3.8) is 0 Å². The lowest BCUT2D eigenvalue weighted by Crippen LogP contribution is -2.36. The Bertz CT molecular complexity index is 1020. The van der Waals surface area contributed by atoms with Crippen molar-refractivity contribution < 1.29 is 9.53 Å². The van der Waals surface area contributed by atoms with Gasteiger partial charge in [0.05, 0.1) is 22.8 Å². The Morgan fingerprint density at radius 3 is 2.89 bits per heavy atom. The van der Waals surface area contributed by atoms with Crippen molar-refractivity contribution in [1.82, 2.24) is 20.1 Å². The van der Waals surface area contributed by atoms with E-state index in [0.717, 1.165) is 34.2 Å². The summed E-state index contributed by atoms with van der Waals surface area (Å²) in [7, 11) is 0. The lowest BCUT2D eigenvalue weighted by molar-refractivity contribution is -0.121. The Morgan fingerprint density at radius 2 is 2.18 bits per heavy atom. The normalized spacial score (nSPS) is 14.5. The lowest BCUT2D eigenvalue weighted by atomic mass is 10.3. The second kappa shape index (κ2) is 8.38. The summed E-state index contributed by atoms with van der Waals surface area (Å²) in [6.07, 6.45) is 0.836. The number of anilines is 1. The second-order valence-electron chi connectivity index (χ2n) is 6.41. The molecular formula is C18H21N5O3S2. The fourth-order valence-electron chi connectivity index (χ4n) is 2.98. The molecule has 0 aliphatic carbocycles. The minimum absolute atomic E-state index is 0.114. The Hall–Kier alpha value is -2.30. The molecule has 0 saturated carbocycles. The van der Waals surface area contributed by atoms with E-state index < -0.39 is 0 Å². The molecule has 0 radical (unpaired) electrons. The molecule has 1 N–H and O–H groups in total. The van der Waals surface area contributed by atoms with E-state index in [-0.39, 0.29) is 18.0 Å². The van der Waals surface area contributed by atoms with Crippen molar-refractivity contribution in [3.05, 3.63) is 27.9 Å². The minimum Gasteiger partial charge on any atom is -0.378 e. The first-order chi connectivity index (χ1) is 13.7. The van der Waals surface area contributed by atoms with E-state index in [1.165, 1.54) is 16.0 Å². The molecule has 1 amide bonds. The molecule has 10 heteroatoms. The third-order valence-electron chi connectivity index (χ3n) is 4.39. The molecule has 0 spiro atoms. The minimum atomic E-state index is -0.335. The molecule has 1 saturated heterocycles. The Kier molecular flexibility index (Phi) is 5.69. The highest BCUT2D eigenvalue weighted by atomic mass is 32.1. The number of aromatic nitrogens is 3. The van der Waals surface area contributed by atoms with E-state index in [1.807, 2.05) is 24.4 Å². The molecule has 0 aromatic carbocycles. The number of thiophene rings is 1. The quantitative estimate of drug-likeness (QED) is 0.657. The number of fused-ring (bicyclic) bond motifs is 1. The van der Waals surface area contributed by atoms with Gasteiger partial charge in [-0.25, -0.2) is 9.67 Å². The van der Waals surface area contributed by atoms with Gasteiger partial charge in [-0.05, 0) is 17.9 Å². The van der Waals surface area contributed by atoms with E-state index in [4.69, 9.17) is 4.74 Å². The second-order valence-corrected chi connectivity index (χ2v) is 8.34. The highest BCUT2D eigenvalue weighted by Gasteiger charge is 2.22. The zero-order valence-corrected chi connectivity index (χ0v) is 17.1. The first-order valence-electron chi connectivity index (χ1n) is 9.22. The largest absolute Gasteiger partial charge is 0.378 e. The number of carbonyl (C=O) groups is 1. The van der Waals surface area contributed by atoms with Crippen molar-refractivity contribution in [2.75, 3.05) is 37.7 Å². The molecule has 0 bridgehead atoms. The summed E-state index contributed by atoms with van der Waals surface area (Å²) in [4.78, 5) is 32.8. The van der Waals surface area contributed by atoms with Gasteiger partial charge >= 0.3 is 0 Å². The SMILES string of the molecule is CCCNC(=O)Cn1nc(-c2cccs2)c2sc(N3CCOCC3)nc2c1=O. The number of rotatable bonds is 6. The highest BCUT2D eigenvalue weighted by Crippen LogP contribution is 2.35. The number of thiazole rings is 1. The molecule has 0 unspecified atom stereocenters. The van der Waals surface area contributed by atoms with E-state index in [2.05, 4.69) is 20.3 Å². The van der Waals surface area contributed by atoms with Crippen LogP contribution >= 0.6 is 22.7 Å². The van der Waals surface area contributed by atoms with Crippen LogP contribution in [0.3, 0.4) is 0 Å². The molecule has 3 aromatic heterocycles. The number of nitrogens with zero attached hydrogens (tertiary/aromatic N) is 4. The molecule has 8 nitrogen and oxygen atoms in total. The number of hydrogen-bond donors (Lipinski definition) is 1. The van der Waals surface area contributed by atoms with Gasteiger partial charge in [-0.1, -0.05) is 24.3 Å². The number of carbonyl (C=O) groups excluding carboxylic acids is 1. The van der Waals surface area contributed by atoms with Crippen molar-refractivity contribution in [3.8, 4) is 10.6 Å². The van der Waals surface area contributed by atoms with Gasteiger partial charge in [0.15, 0.2) is 10.6 Å². The first kappa shape index (κ1) is 19.0. The smallest absolute Gasteiger partial charge is 0.294 e. The topological polar surface area (TPSA) is 89.3 Å². The van der Waals surface area contributed by atoms with E-state index >= 15 is 0 Å². The maximum atomic E-state index is 13.0. The predicted octanol–water partition coefficient (Wildman–Crippen LogP) is 1.94. The summed E-state index contributed by atoms with van der Waals surface area (Å²) >= 11 is 3.02. The molecule has 3 aromatic rings. The lowest BCUT2D eigenvalue weighted by Gasteiger charge is -2.25. The van der Waals surface area contributed by atoms with Crippen LogP contribution in [0.25, 0.3) is 20.8 Å². The molecule has 0 atom stereocenters. The van der Waals surface area contributed by atoms with Gasteiger partial charge in [-0.3, -0.25) is 9.59 Å². The Balaban J connectivity index is 1.79. The zero-order valence-electron chi connectivity index (χ0n) is 15.5. The van der Waals surface area contributed by atoms with E-state index in [0.29, 0.717) is 31.0 Å². The van der Waals surface area contributed by atoms with Crippen LogP contribution in [-0.4, -0.2) is 53.5 Å². The van der Waals surface area contributed by atoms with Crippen LogP contribution in [0.2, 0.25) is 0 Å². The van der Waals surface area contributed by atoms with Crippen LogP contribution in [0.1, 0.15) is 13.3 Å². The number of ether oxygens (including phenoxy) is 1. The fraction of sp³-hybridized carbons (Fsp3) is 0.444. The molecule has 1 aliphatic rings. The maximum absolute atomic E-state index is 13.0. The molecule has 1 fully saturated rings. The van der Waals surface area contributed by atoms with Gasteiger partial charge in [0.1, 0.15) is 12.2 Å². The summed E-state index contributed by atoms with van der Waals surface area (Å²) in [6, 6.07) is 3.91. The van der Waals surface area contributed by atoms with Crippen molar-refractivity contribution in [1.29, 1.82) is 0 Å². The average Bonchev–Trinajstić information content (AvgIpc) is 3.40. The first-order valence-corrected chi connectivity index (χ1v) is 10.9. The van der Waals surface area contributed by atoms with Crippen LogP contribution in [-0.2, 0) is 16.1 Å². The Labute approximate surface area is 169 Å². The predicted molar refractivity (Wildman–Crippen MR) is 111 cm³/mol. The highest BCUT2D eigenvalue weighted by molar-refractivity contribution is 7.23. The van der Waals surface area contributed by atoms with Crippen LogP contribution in [0.15, 0.2) is 22.3 Å². The molecular weight excluding hydrogens is 398 g/mol. The van der Waals surface area contributed by atoms with Crippen LogP contribution in [0.5, 0.6) is 0 Å². The standard InChI is InChI=1S/C18H21N5O3S2/c1-2-5-19-13(24)11-23-17(25)15-16(14(21-23)12-4-3-10-27-12)28-18(20-15)22-6-8-26-9-7-22/h3-4,10H,2,5-9,11H2,1H3,(H,19,24). The van der Waals surface area contributed by atoms with Crippen LogP contribution < -0.4 is 15.8 Å². The molecule has 28 heavy (non-hydrogen) atoms. The molecule has 4 heterocycles. The van der Waals surface area contributed by atoms with Gasteiger partial charge in [-0.15, -0.1) is 11.3 Å².